The number of ether oxygens (including phenoxy) is 1. The number of nitrogens with one attached hydrogen (secondary N) is 1. The first-order valence-corrected chi connectivity index (χ1v) is 6.76. The molecule has 1 aromatic carbocycles. The van der Waals surface area contributed by atoms with E-state index in [4.69, 9.17) is 4.74 Å². The summed E-state index contributed by atoms with van der Waals surface area (Å²) < 4.78 is 5.49. The second kappa shape index (κ2) is 5.61. The monoisotopic (exact) mass is 248 g/mol. The summed E-state index contributed by atoms with van der Waals surface area (Å²) in [6, 6.07) is 7.48. The van der Waals surface area contributed by atoms with E-state index in [1.165, 1.54) is 17.7 Å². The minimum absolute atomic E-state index is 0.507. The van der Waals surface area contributed by atoms with Gasteiger partial charge in [0.1, 0.15) is 5.75 Å². The van der Waals surface area contributed by atoms with Crippen molar-refractivity contribution in [1.82, 2.24) is 5.32 Å². The summed E-state index contributed by atoms with van der Waals surface area (Å²) in [5.74, 6) is 0.974. The van der Waals surface area contributed by atoms with E-state index in [2.05, 4.69) is 49.2 Å². The summed E-state index contributed by atoms with van der Waals surface area (Å²) >= 11 is 0. The lowest BCUT2D eigenvalue weighted by molar-refractivity contribution is 0.414. The third kappa shape index (κ3) is 2.96. The van der Waals surface area contributed by atoms with Crippen LogP contribution >= 0.6 is 0 Å². The van der Waals surface area contributed by atoms with Crippen molar-refractivity contribution in [3.05, 3.63) is 23.8 Å². The molecule has 1 saturated heterocycles. The quantitative estimate of drug-likeness (QED) is 0.870. The molecule has 0 amide bonds. The molecule has 2 rings (SSSR count). The van der Waals surface area contributed by atoms with Gasteiger partial charge in [-0.1, -0.05) is 6.07 Å². The lowest BCUT2D eigenvalue weighted by atomic mass is 10.1. The van der Waals surface area contributed by atoms with Crippen molar-refractivity contribution in [2.24, 2.45) is 0 Å². The normalized spacial score (nSPS) is 24.8. The van der Waals surface area contributed by atoms with Gasteiger partial charge in [0.25, 0.3) is 0 Å². The Morgan fingerprint density at radius 2 is 2.06 bits per heavy atom. The van der Waals surface area contributed by atoms with Crippen LogP contribution in [0.2, 0.25) is 0 Å². The Balaban J connectivity index is 2.26. The van der Waals surface area contributed by atoms with Crippen LogP contribution in [-0.4, -0.2) is 32.3 Å². The van der Waals surface area contributed by atoms with Crippen molar-refractivity contribution in [1.29, 1.82) is 0 Å². The third-order valence-electron chi connectivity index (χ3n) is 3.57. The Kier molecular flexibility index (Phi) is 4.12. The highest BCUT2D eigenvalue weighted by Gasteiger charge is 2.20. The molecule has 0 saturated carbocycles. The smallest absolute Gasteiger partial charge is 0.142 e. The van der Waals surface area contributed by atoms with Gasteiger partial charge in [-0.2, -0.15) is 0 Å². The van der Waals surface area contributed by atoms with Crippen LogP contribution in [0.15, 0.2) is 18.2 Å². The molecule has 0 aromatic heterocycles. The molecule has 0 aliphatic carbocycles. The summed E-state index contributed by atoms with van der Waals surface area (Å²) in [6.07, 6.45) is 1.17. The fourth-order valence-corrected chi connectivity index (χ4v) is 2.66. The number of rotatable bonds is 2. The SMILES string of the molecule is COc1ccc(C)cc1N1CCC(C)NC(C)C1. The Morgan fingerprint density at radius 1 is 1.28 bits per heavy atom. The number of benzene rings is 1. The highest BCUT2D eigenvalue weighted by molar-refractivity contribution is 5.60. The molecular formula is C15H24N2O. The Bertz CT molecular complexity index is 405. The summed E-state index contributed by atoms with van der Waals surface area (Å²) in [7, 11) is 1.75. The topological polar surface area (TPSA) is 24.5 Å². The summed E-state index contributed by atoms with van der Waals surface area (Å²) in [5.41, 5.74) is 2.50. The van der Waals surface area contributed by atoms with E-state index in [1.54, 1.807) is 7.11 Å². The first kappa shape index (κ1) is 13.2. The molecule has 2 atom stereocenters. The van der Waals surface area contributed by atoms with Crippen LogP contribution in [0, 0.1) is 6.92 Å². The second-order valence-corrected chi connectivity index (χ2v) is 5.38. The van der Waals surface area contributed by atoms with E-state index in [-0.39, 0.29) is 0 Å². The van der Waals surface area contributed by atoms with Gasteiger partial charge >= 0.3 is 0 Å². The van der Waals surface area contributed by atoms with Crippen LogP contribution in [0.1, 0.15) is 25.8 Å². The van der Waals surface area contributed by atoms with Crippen molar-refractivity contribution in [2.45, 2.75) is 39.3 Å². The zero-order valence-electron chi connectivity index (χ0n) is 11.9. The second-order valence-electron chi connectivity index (χ2n) is 5.38. The van der Waals surface area contributed by atoms with Crippen molar-refractivity contribution < 1.29 is 4.74 Å². The molecule has 0 spiro atoms. The zero-order chi connectivity index (χ0) is 13.1. The average Bonchev–Trinajstić information content (AvgIpc) is 2.50. The predicted molar refractivity (Wildman–Crippen MR) is 76.6 cm³/mol. The molecule has 3 heteroatoms. The first-order valence-electron chi connectivity index (χ1n) is 6.76. The maximum absolute atomic E-state index is 5.49. The Labute approximate surface area is 110 Å². The predicted octanol–water partition coefficient (Wildman–Crippen LogP) is 2.58. The highest BCUT2D eigenvalue weighted by atomic mass is 16.5. The fraction of sp³-hybridized carbons (Fsp3) is 0.600. The molecule has 0 radical (unpaired) electrons. The minimum atomic E-state index is 0.507. The van der Waals surface area contributed by atoms with E-state index in [1.807, 2.05) is 0 Å². The molecule has 1 heterocycles. The van der Waals surface area contributed by atoms with Crippen LogP contribution in [0.3, 0.4) is 0 Å². The van der Waals surface area contributed by atoms with Gasteiger partial charge in [-0.05, 0) is 44.9 Å². The van der Waals surface area contributed by atoms with Crippen LogP contribution in [0.25, 0.3) is 0 Å². The molecule has 1 fully saturated rings. The van der Waals surface area contributed by atoms with Gasteiger partial charge in [-0.25, -0.2) is 0 Å². The molecule has 1 aliphatic heterocycles. The Hall–Kier alpha value is -1.22. The molecular weight excluding hydrogens is 224 g/mol. The highest BCUT2D eigenvalue weighted by Crippen LogP contribution is 2.30. The summed E-state index contributed by atoms with van der Waals surface area (Å²) in [5, 5.41) is 3.61. The number of hydrogen-bond acceptors (Lipinski definition) is 3. The number of methoxy groups -OCH3 is 1. The van der Waals surface area contributed by atoms with Gasteiger partial charge in [0.05, 0.1) is 12.8 Å². The summed E-state index contributed by atoms with van der Waals surface area (Å²) in [4.78, 5) is 2.44. The van der Waals surface area contributed by atoms with Gasteiger partial charge in [0.2, 0.25) is 0 Å². The standard InChI is InChI=1S/C15H24N2O/c1-11-5-6-15(18-4)14(9-11)17-8-7-12(2)16-13(3)10-17/h5-6,9,12-13,16H,7-8,10H2,1-4H3. The minimum Gasteiger partial charge on any atom is -0.495 e. The molecule has 1 aliphatic rings. The van der Waals surface area contributed by atoms with Crippen molar-refractivity contribution in [2.75, 3.05) is 25.1 Å². The first-order chi connectivity index (χ1) is 8.60. The van der Waals surface area contributed by atoms with Crippen LogP contribution < -0.4 is 15.0 Å². The van der Waals surface area contributed by atoms with Crippen LogP contribution in [-0.2, 0) is 0 Å². The molecule has 18 heavy (non-hydrogen) atoms. The average molecular weight is 248 g/mol. The molecule has 3 nitrogen and oxygen atoms in total. The number of nitrogens with zero attached hydrogens (tertiary/aromatic N) is 1. The maximum Gasteiger partial charge on any atom is 0.142 e. The van der Waals surface area contributed by atoms with Gasteiger partial charge in [-0.15, -0.1) is 0 Å². The fourth-order valence-electron chi connectivity index (χ4n) is 2.66. The maximum atomic E-state index is 5.49. The largest absolute Gasteiger partial charge is 0.495 e. The van der Waals surface area contributed by atoms with E-state index in [0.717, 1.165) is 18.8 Å². The molecule has 100 valence electrons. The van der Waals surface area contributed by atoms with Crippen LogP contribution in [0.4, 0.5) is 5.69 Å². The van der Waals surface area contributed by atoms with E-state index >= 15 is 0 Å². The van der Waals surface area contributed by atoms with Crippen molar-refractivity contribution in [3.8, 4) is 5.75 Å². The molecule has 1 N–H and O–H groups in total. The lowest BCUT2D eigenvalue weighted by Crippen LogP contribution is -2.37. The summed E-state index contributed by atoms with van der Waals surface area (Å²) in [6.45, 7) is 8.75. The van der Waals surface area contributed by atoms with Gasteiger partial charge < -0.3 is 15.0 Å². The number of anilines is 1. The van der Waals surface area contributed by atoms with Crippen molar-refractivity contribution in [3.63, 3.8) is 0 Å². The number of hydrogen-bond donors (Lipinski definition) is 1. The van der Waals surface area contributed by atoms with E-state index < -0.39 is 0 Å². The van der Waals surface area contributed by atoms with Crippen molar-refractivity contribution >= 4 is 5.69 Å². The van der Waals surface area contributed by atoms with Gasteiger partial charge in [0, 0.05) is 25.2 Å². The number of aryl methyl sites for hydroxylation is 1. The van der Waals surface area contributed by atoms with Crippen LogP contribution in [0.5, 0.6) is 5.75 Å². The zero-order valence-corrected chi connectivity index (χ0v) is 11.9. The molecule has 2 unspecified atom stereocenters. The third-order valence-corrected chi connectivity index (χ3v) is 3.57. The molecule has 1 aromatic rings. The Morgan fingerprint density at radius 3 is 2.78 bits per heavy atom. The van der Waals surface area contributed by atoms with Gasteiger partial charge in [-0.3, -0.25) is 0 Å². The van der Waals surface area contributed by atoms with Gasteiger partial charge in [0.15, 0.2) is 0 Å². The molecule has 0 bridgehead atoms. The van der Waals surface area contributed by atoms with E-state index in [9.17, 15) is 0 Å². The lowest BCUT2D eigenvalue weighted by Gasteiger charge is -2.26. The van der Waals surface area contributed by atoms with E-state index in [0.29, 0.717) is 12.1 Å².